The van der Waals surface area contributed by atoms with E-state index in [0.29, 0.717) is 5.75 Å². The van der Waals surface area contributed by atoms with Gasteiger partial charge in [-0.15, -0.1) is 0 Å². The van der Waals surface area contributed by atoms with E-state index in [2.05, 4.69) is 54.6 Å². The molecule has 0 saturated carbocycles. The van der Waals surface area contributed by atoms with Crippen molar-refractivity contribution in [3.05, 3.63) is 66.7 Å². The Morgan fingerprint density at radius 2 is 1.38 bits per heavy atom. The lowest BCUT2D eigenvalue weighted by molar-refractivity contribution is 0.478. The first-order valence-electron chi connectivity index (χ1n) is 7.12. The molecule has 1 aliphatic carbocycles. The molecule has 0 amide bonds. The van der Waals surface area contributed by atoms with Crippen molar-refractivity contribution in [3.8, 4) is 28.0 Å². The maximum atomic E-state index is 10.3. The SMILES string of the molecule is Oc1cccc2c1-c1cc3ccccc3c3cccc-2c13. The molecular weight excluding hydrogens is 256 g/mol. The number of hydrogen-bond acceptors (Lipinski definition) is 1. The Hall–Kier alpha value is -2.80. The Bertz CT molecular complexity index is 1040. The van der Waals surface area contributed by atoms with E-state index >= 15 is 0 Å². The van der Waals surface area contributed by atoms with Gasteiger partial charge in [0.1, 0.15) is 5.75 Å². The van der Waals surface area contributed by atoms with Crippen LogP contribution in [0.2, 0.25) is 0 Å². The van der Waals surface area contributed by atoms with Gasteiger partial charge < -0.3 is 5.11 Å². The van der Waals surface area contributed by atoms with E-state index in [4.69, 9.17) is 0 Å². The molecule has 4 aromatic rings. The Morgan fingerprint density at radius 1 is 0.619 bits per heavy atom. The topological polar surface area (TPSA) is 20.2 Å². The standard InChI is InChI=1S/C20H12O/c21-18-10-4-9-16-15-8-3-7-14-13-6-2-1-5-12(13)11-17(19(14)15)20(16)18/h1-11,21H. The van der Waals surface area contributed by atoms with Crippen LogP contribution in [0.15, 0.2) is 66.7 Å². The predicted molar refractivity (Wildman–Crippen MR) is 87.5 cm³/mol. The number of aromatic hydroxyl groups is 1. The Labute approximate surface area is 122 Å². The molecule has 0 bridgehead atoms. The fraction of sp³-hybridized carbons (Fsp3) is 0. The van der Waals surface area contributed by atoms with E-state index in [-0.39, 0.29) is 0 Å². The van der Waals surface area contributed by atoms with Gasteiger partial charge in [-0.2, -0.15) is 0 Å². The minimum absolute atomic E-state index is 0.361. The number of rotatable bonds is 0. The lowest BCUT2D eigenvalue weighted by Crippen LogP contribution is -1.80. The molecule has 0 atom stereocenters. The highest BCUT2D eigenvalue weighted by molar-refractivity contribution is 6.24. The third kappa shape index (κ3) is 1.26. The van der Waals surface area contributed by atoms with E-state index in [1.165, 1.54) is 27.1 Å². The van der Waals surface area contributed by atoms with Gasteiger partial charge >= 0.3 is 0 Å². The first-order valence-corrected chi connectivity index (χ1v) is 7.12. The first-order chi connectivity index (χ1) is 10.3. The van der Waals surface area contributed by atoms with Crippen LogP contribution >= 0.6 is 0 Å². The van der Waals surface area contributed by atoms with Crippen LogP contribution in [0.4, 0.5) is 0 Å². The second kappa shape index (κ2) is 3.64. The summed E-state index contributed by atoms with van der Waals surface area (Å²) in [4.78, 5) is 0. The second-order valence-electron chi connectivity index (χ2n) is 5.57. The van der Waals surface area contributed by atoms with Gasteiger partial charge in [0, 0.05) is 5.56 Å². The predicted octanol–water partition coefficient (Wildman–Crippen LogP) is 5.35. The summed E-state index contributed by atoms with van der Waals surface area (Å²) in [6.07, 6.45) is 0. The Morgan fingerprint density at radius 3 is 2.33 bits per heavy atom. The van der Waals surface area contributed by atoms with Crippen LogP contribution in [0.25, 0.3) is 43.8 Å². The highest BCUT2D eigenvalue weighted by Crippen LogP contribution is 2.52. The largest absolute Gasteiger partial charge is 0.507 e. The minimum atomic E-state index is 0.361. The average Bonchev–Trinajstić information content (AvgIpc) is 2.85. The lowest BCUT2D eigenvalue weighted by Gasteiger charge is -2.07. The smallest absolute Gasteiger partial charge is 0.124 e. The van der Waals surface area contributed by atoms with Crippen molar-refractivity contribution in [1.82, 2.24) is 0 Å². The average molecular weight is 268 g/mol. The molecule has 1 nitrogen and oxygen atoms in total. The van der Waals surface area contributed by atoms with Gasteiger partial charge in [0.2, 0.25) is 0 Å². The van der Waals surface area contributed by atoms with E-state index in [0.717, 1.165) is 16.7 Å². The molecule has 21 heavy (non-hydrogen) atoms. The van der Waals surface area contributed by atoms with E-state index in [1.54, 1.807) is 6.07 Å². The van der Waals surface area contributed by atoms with Gasteiger partial charge in [-0.05, 0) is 50.4 Å². The summed E-state index contributed by atoms with van der Waals surface area (Å²) >= 11 is 0. The normalized spacial score (nSPS) is 12.0. The first kappa shape index (κ1) is 10.9. The maximum Gasteiger partial charge on any atom is 0.124 e. The molecule has 0 fully saturated rings. The summed E-state index contributed by atoms with van der Waals surface area (Å²) in [5.41, 5.74) is 4.46. The Balaban J connectivity index is 2.12. The zero-order valence-corrected chi connectivity index (χ0v) is 11.3. The highest BCUT2D eigenvalue weighted by atomic mass is 16.3. The molecule has 0 aromatic heterocycles. The highest BCUT2D eigenvalue weighted by Gasteiger charge is 2.24. The van der Waals surface area contributed by atoms with Crippen molar-refractivity contribution in [3.63, 3.8) is 0 Å². The lowest BCUT2D eigenvalue weighted by atomic mass is 9.96. The van der Waals surface area contributed by atoms with Crippen LogP contribution in [-0.4, -0.2) is 5.11 Å². The summed E-state index contributed by atoms with van der Waals surface area (Å²) in [5, 5.41) is 15.3. The summed E-state index contributed by atoms with van der Waals surface area (Å²) in [6, 6.07) is 22.8. The molecule has 1 aliphatic rings. The van der Waals surface area contributed by atoms with Crippen molar-refractivity contribution in [2.24, 2.45) is 0 Å². The molecule has 0 heterocycles. The third-order valence-corrected chi connectivity index (χ3v) is 4.49. The molecule has 0 radical (unpaired) electrons. The summed E-state index contributed by atoms with van der Waals surface area (Å²) in [7, 11) is 0. The quantitative estimate of drug-likeness (QED) is 0.375. The van der Waals surface area contributed by atoms with Crippen LogP contribution in [0.3, 0.4) is 0 Å². The zero-order valence-electron chi connectivity index (χ0n) is 11.3. The van der Waals surface area contributed by atoms with Crippen LogP contribution in [0, 0.1) is 0 Å². The van der Waals surface area contributed by atoms with E-state index < -0.39 is 0 Å². The molecule has 0 saturated heterocycles. The summed E-state index contributed by atoms with van der Waals surface area (Å²) in [5.74, 6) is 0.361. The molecule has 1 N–H and O–H groups in total. The molecule has 5 rings (SSSR count). The molecule has 98 valence electrons. The number of hydrogen-bond donors (Lipinski definition) is 1. The van der Waals surface area contributed by atoms with E-state index in [9.17, 15) is 5.11 Å². The van der Waals surface area contributed by atoms with Crippen LogP contribution in [0.5, 0.6) is 5.75 Å². The number of phenolic OH excluding ortho intramolecular Hbond substituents is 1. The number of benzene rings is 4. The number of fused-ring (bicyclic) bond motifs is 5. The molecule has 4 aromatic carbocycles. The third-order valence-electron chi connectivity index (χ3n) is 4.49. The van der Waals surface area contributed by atoms with Crippen molar-refractivity contribution in [1.29, 1.82) is 0 Å². The van der Waals surface area contributed by atoms with Crippen molar-refractivity contribution >= 4 is 21.5 Å². The van der Waals surface area contributed by atoms with Gasteiger partial charge in [0.25, 0.3) is 0 Å². The van der Waals surface area contributed by atoms with Crippen LogP contribution in [0.1, 0.15) is 0 Å². The van der Waals surface area contributed by atoms with Gasteiger partial charge in [-0.3, -0.25) is 0 Å². The summed E-state index contributed by atoms with van der Waals surface area (Å²) < 4.78 is 0. The van der Waals surface area contributed by atoms with Gasteiger partial charge in [-0.25, -0.2) is 0 Å². The molecule has 0 aliphatic heterocycles. The fourth-order valence-electron chi connectivity index (χ4n) is 3.63. The number of phenols is 1. The van der Waals surface area contributed by atoms with Gasteiger partial charge in [0.05, 0.1) is 0 Å². The minimum Gasteiger partial charge on any atom is -0.507 e. The Kier molecular flexibility index (Phi) is 1.90. The van der Waals surface area contributed by atoms with Crippen molar-refractivity contribution < 1.29 is 5.11 Å². The van der Waals surface area contributed by atoms with Gasteiger partial charge in [-0.1, -0.05) is 54.6 Å². The molecule has 0 spiro atoms. The van der Waals surface area contributed by atoms with E-state index in [1.807, 2.05) is 6.07 Å². The fourth-order valence-corrected chi connectivity index (χ4v) is 3.63. The summed E-state index contributed by atoms with van der Waals surface area (Å²) in [6.45, 7) is 0. The molecular formula is C20H12O. The monoisotopic (exact) mass is 268 g/mol. The van der Waals surface area contributed by atoms with Crippen molar-refractivity contribution in [2.75, 3.05) is 0 Å². The molecule has 1 heteroatoms. The maximum absolute atomic E-state index is 10.3. The van der Waals surface area contributed by atoms with Crippen molar-refractivity contribution in [2.45, 2.75) is 0 Å². The molecule has 0 unspecified atom stereocenters. The zero-order chi connectivity index (χ0) is 14.0. The van der Waals surface area contributed by atoms with Crippen LogP contribution in [-0.2, 0) is 0 Å². The van der Waals surface area contributed by atoms with Crippen LogP contribution < -0.4 is 0 Å². The second-order valence-corrected chi connectivity index (χ2v) is 5.57. The van der Waals surface area contributed by atoms with Gasteiger partial charge in [0.15, 0.2) is 0 Å².